The molecular formula is C77H97N13O20S. The number of benzene rings is 4. The van der Waals surface area contributed by atoms with E-state index in [0.717, 1.165) is 22.0 Å². The summed E-state index contributed by atoms with van der Waals surface area (Å²) in [5, 5.41) is 31.9. The largest absolute Gasteiger partial charge is 0.481 e. The minimum Gasteiger partial charge on any atom is -0.481 e. The quantitative estimate of drug-likeness (QED) is 0.0110. The van der Waals surface area contributed by atoms with Crippen molar-refractivity contribution in [3.05, 3.63) is 141 Å². The Kier molecular flexibility index (Phi) is 29.9. The molecule has 0 bridgehead atoms. The number of urea groups is 3. The van der Waals surface area contributed by atoms with E-state index in [2.05, 4.69) is 47.3 Å². The molecule has 0 saturated carbocycles. The lowest BCUT2D eigenvalue weighted by molar-refractivity contribution is -0.191. The molecule has 1 saturated heterocycles. The summed E-state index contributed by atoms with van der Waals surface area (Å²) in [6.07, 6.45) is 0.961. The number of carbonyl (C=O) groups excluding carboxylic acids is 9. The van der Waals surface area contributed by atoms with Crippen molar-refractivity contribution in [1.82, 2.24) is 45.9 Å². The molecule has 3 aliphatic heterocycles. The standard InChI is InChI=1S/C77H97N13O20S/c1-8-29-78-74(100)82-51-18-14-20-53(41-51)111(103,104)87-52-19-13-17-48(40-52)60(43-65(92)93)85-76(102)81-50-26-24-49(25-27-50)80-75(101)79-30-35-106-37-39-107-38-36-105-34-28-64(91)83-61(44-66(94)108-33-16-31-88(6)7)71(97)89-32-15-23-62(89)69(95)86-67(47(4)5)72(98)110-77(10-3)58-42-63-68-56(45-90(63)70(96)57(58)46-109-73(77)99)54(9-2)55-21-11-12-22-59(55)84-68/h11-14,17-22,24-27,40-42,47,60-62,67,87H,8-10,15-16,23,28-39,43-46H2,1-7H3,(H,83,91)(H,86,95)(H,92,93)(H2,78,82,100)(H2,79,80,101)(H2,81,85,102). The molecule has 2 aromatic heterocycles. The van der Waals surface area contributed by atoms with Gasteiger partial charge < -0.3 is 90.4 Å². The van der Waals surface area contributed by atoms with E-state index >= 15 is 0 Å². The van der Waals surface area contributed by atoms with Crippen LogP contribution in [0.25, 0.3) is 22.3 Å². The number of likely N-dealkylation sites (tertiary alicyclic amines) is 1. The van der Waals surface area contributed by atoms with Gasteiger partial charge >= 0.3 is 42.0 Å². The highest BCUT2D eigenvalue weighted by Crippen LogP contribution is 2.43. The molecule has 34 heteroatoms. The highest BCUT2D eigenvalue weighted by atomic mass is 32.2. The topological polar surface area (TPSA) is 430 Å². The van der Waals surface area contributed by atoms with Crippen molar-refractivity contribution in [3.8, 4) is 11.4 Å². The fourth-order valence-electron chi connectivity index (χ4n) is 13.1. The van der Waals surface area contributed by atoms with Gasteiger partial charge in [0.25, 0.3) is 15.6 Å². The summed E-state index contributed by atoms with van der Waals surface area (Å²) in [6, 6.07) is 20.0. The van der Waals surface area contributed by atoms with Gasteiger partial charge in [0.2, 0.25) is 23.3 Å². The lowest BCUT2D eigenvalue weighted by atomic mass is 9.85. The first-order valence-corrected chi connectivity index (χ1v) is 38.4. The monoisotopic (exact) mass is 1560 g/mol. The summed E-state index contributed by atoms with van der Waals surface area (Å²) in [6.45, 7) is 10.7. The Bertz CT molecular complexity index is 4560. The Morgan fingerprint density at radius 3 is 2.07 bits per heavy atom. The number of aromatic nitrogens is 2. The maximum absolute atomic E-state index is 14.6. The fraction of sp³-hybridized carbons (Fsp3) is 0.455. The molecule has 0 spiro atoms. The van der Waals surface area contributed by atoms with Crippen molar-refractivity contribution in [2.24, 2.45) is 5.92 Å². The van der Waals surface area contributed by atoms with Crippen molar-refractivity contribution in [1.29, 1.82) is 0 Å². The van der Waals surface area contributed by atoms with Crippen LogP contribution in [0.2, 0.25) is 0 Å². The Morgan fingerprint density at radius 1 is 0.721 bits per heavy atom. The van der Waals surface area contributed by atoms with Crippen molar-refractivity contribution in [3.63, 3.8) is 0 Å². The smallest absolute Gasteiger partial charge is 0.355 e. The molecule has 596 valence electrons. The van der Waals surface area contributed by atoms with Crippen LogP contribution in [0, 0.1) is 5.92 Å². The van der Waals surface area contributed by atoms with Crippen LogP contribution in [0.5, 0.6) is 0 Å². The van der Waals surface area contributed by atoms with Crippen molar-refractivity contribution >= 4 is 103 Å². The predicted octanol–water partition coefficient (Wildman–Crippen LogP) is 6.63. The Morgan fingerprint density at radius 2 is 1.39 bits per heavy atom. The van der Waals surface area contributed by atoms with Gasteiger partial charge in [-0.05, 0) is 136 Å². The van der Waals surface area contributed by atoms with E-state index < -0.39 is 124 Å². The molecule has 111 heavy (non-hydrogen) atoms. The average Bonchev–Trinajstić information content (AvgIpc) is 1.04. The van der Waals surface area contributed by atoms with E-state index in [1.807, 2.05) is 57.1 Å². The Balaban J connectivity index is 0.687. The van der Waals surface area contributed by atoms with Crippen LogP contribution < -0.4 is 52.8 Å². The zero-order valence-electron chi connectivity index (χ0n) is 63.2. The first-order chi connectivity index (χ1) is 53.2. The number of carboxylic acids is 1. The third-order valence-electron chi connectivity index (χ3n) is 18.7. The molecule has 5 heterocycles. The molecule has 4 aromatic carbocycles. The number of fused-ring (bicyclic) bond motifs is 5. The number of aryl methyl sites for hydroxylation is 1. The first kappa shape index (κ1) is 84.0. The van der Waals surface area contributed by atoms with Crippen LogP contribution in [0.3, 0.4) is 0 Å². The molecule has 0 radical (unpaired) electrons. The number of nitrogens with one attached hydrogen (secondary N) is 9. The number of cyclic esters (lactones) is 1. The van der Waals surface area contributed by atoms with Gasteiger partial charge in [0.05, 0.1) is 99.0 Å². The SMILES string of the molecule is CCCNC(=O)Nc1cccc(S(=O)(=O)Nc2cccc(C(CC(=O)O)NC(=O)Nc3ccc(NC(=O)NCCOCCOCCOCCC(=O)NC(CC(=O)OCCCN(C)C)C(=O)N4CCCC4C(=O)NC(C(=O)OC4(CC)C(=O)OCc5c4cc4n(c5=O)Cc5c-4nc4ccccc4c5CC)C(C)C)cc3)c2)c1. The van der Waals surface area contributed by atoms with Crippen LogP contribution in [0.4, 0.5) is 37.1 Å². The number of rotatable bonds is 39. The van der Waals surface area contributed by atoms with Gasteiger partial charge in [0, 0.05) is 71.9 Å². The molecule has 33 nitrogen and oxygen atoms in total. The number of amides is 9. The van der Waals surface area contributed by atoms with Gasteiger partial charge in [-0.3, -0.25) is 33.5 Å². The zero-order valence-corrected chi connectivity index (χ0v) is 64.0. The third-order valence-corrected chi connectivity index (χ3v) is 20.1. The van der Waals surface area contributed by atoms with Crippen molar-refractivity contribution in [2.75, 3.05) is 107 Å². The molecule has 10 N–H and O–H groups in total. The summed E-state index contributed by atoms with van der Waals surface area (Å²) in [5.74, 6) is -6.58. The number of para-hydroxylation sites is 1. The first-order valence-electron chi connectivity index (χ1n) is 37.0. The second kappa shape index (κ2) is 39.5. The van der Waals surface area contributed by atoms with Crippen LogP contribution in [-0.4, -0.2) is 197 Å². The molecule has 6 aromatic rings. The molecule has 9 amide bonds. The minimum atomic E-state index is -4.19. The van der Waals surface area contributed by atoms with E-state index in [4.69, 9.17) is 33.4 Å². The van der Waals surface area contributed by atoms with Gasteiger partial charge in [0.1, 0.15) is 24.7 Å². The van der Waals surface area contributed by atoms with Gasteiger partial charge in [-0.2, -0.15) is 0 Å². The number of ether oxygens (including phenoxy) is 6. The van der Waals surface area contributed by atoms with Crippen molar-refractivity contribution in [2.45, 2.75) is 140 Å². The van der Waals surface area contributed by atoms with Crippen molar-refractivity contribution < 1.29 is 89.9 Å². The number of pyridine rings is 2. The number of anilines is 4. The van der Waals surface area contributed by atoms with Crippen LogP contribution in [-0.2, 0) is 97.2 Å². The summed E-state index contributed by atoms with van der Waals surface area (Å²) >= 11 is 0. The highest BCUT2D eigenvalue weighted by Gasteiger charge is 2.52. The number of carboxylic acid groups (broad SMARTS) is 1. The Hall–Kier alpha value is -11.1. The maximum atomic E-state index is 14.6. The lowest BCUT2D eigenvalue weighted by Gasteiger charge is -2.37. The number of carbonyl (C=O) groups is 10. The second-order valence-corrected chi connectivity index (χ2v) is 29.0. The van der Waals surface area contributed by atoms with Gasteiger partial charge in [-0.15, -0.1) is 0 Å². The summed E-state index contributed by atoms with van der Waals surface area (Å²) in [4.78, 5) is 157. The number of hydrogen-bond donors (Lipinski definition) is 10. The number of hydrogen-bond acceptors (Lipinski definition) is 21. The number of esters is 3. The maximum Gasteiger partial charge on any atom is 0.355 e. The molecular weight excluding hydrogens is 1460 g/mol. The van der Waals surface area contributed by atoms with E-state index in [9.17, 15) is 66.3 Å². The molecule has 9 rings (SSSR count). The number of aliphatic carboxylic acids is 1. The predicted molar refractivity (Wildman–Crippen MR) is 409 cm³/mol. The summed E-state index contributed by atoms with van der Waals surface area (Å²) in [5.41, 5.74) is 2.79. The zero-order chi connectivity index (χ0) is 79.9. The van der Waals surface area contributed by atoms with E-state index in [-0.39, 0.29) is 125 Å². The lowest BCUT2D eigenvalue weighted by Crippen LogP contribution is -2.57. The second-order valence-electron chi connectivity index (χ2n) is 27.3. The van der Waals surface area contributed by atoms with E-state index in [1.165, 1.54) is 77.7 Å². The third kappa shape index (κ3) is 22.4. The van der Waals surface area contributed by atoms with Crippen LogP contribution in [0.1, 0.15) is 120 Å². The summed E-state index contributed by atoms with van der Waals surface area (Å²) < 4.78 is 64.9. The van der Waals surface area contributed by atoms with E-state index in [0.29, 0.717) is 61.5 Å². The minimum absolute atomic E-state index is 0.0502. The Labute approximate surface area is 642 Å². The highest BCUT2D eigenvalue weighted by molar-refractivity contribution is 7.92. The number of sulfonamides is 1. The summed E-state index contributed by atoms with van der Waals surface area (Å²) in [7, 11) is -0.461. The fourth-order valence-corrected chi connectivity index (χ4v) is 14.2. The molecule has 3 aliphatic rings. The number of nitrogens with zero attached hydrogens (tertiary/aromatic N) is 4. The van der Waals surface area contributed by atoms with Crippen LogP contribution >= 0.6 is 0 Å². The van der Waals surface area contributed by atoms with Gasteiger partial charge in [0.15, 0.2) is 0 Å². The normalized spacial score (nSPS) is 15.7. The molecule has 5 atom stereocenters. The molecule has 0 aliphatic carbocycles. The molecule has 1 fully saturated rings. The van der Waals surface area contributed by atoms with Gasteiger partial charge in [-0.1, -0.05) is 71.0 Å². The molecule has 5 unspecified atom stereocenters. The average molecular weight is 1560 g/mol. The van der Waals surface area contributed by atoms with Gasteiger partial charge in [-0.25, -0.2) is 37.4 Å². The van der Waals surface area contributed by atoms with Crippen LogP contribution in [0.15, 0.2) is 113 Å². The van der Waals surface area contributed by atoms with E-state index in [1.54, 1.807) is 31.4 Å².